The highest BCUT2D eigenvalue weighted by Crippen LogP contribution is 2.38. The predicted octanol–water partition coefficient (Wildman–Crippen LogP) is 2.93. The number of halogens is 3. The van der Waals surface area contributed by atoms with Crippen molar-refractivity contribution in [2.75, 3.05) is 26.8 Å². The van der Waals surface area contributed by atoms with E-state index in [1.165, 1.54) is 4.57 Å². The molecule has 0 spiro atoms. The Morgan fingerprint density at radius 2 is 2.06 bits per heavy atom. The summed E-state index contributed by atoms with van der Waals surface area (Å²) in [4.78, 5) is 33.1. The maximum absolute atomic E-state index is 13.6. The van der Waals surface area contributed by atoms with Gasteiger partial charge in [0.05, 0.1) is 35.3 Å². The molecule has 4 heterocycles. The number of pyridine rings is 1. The van der Waals surface area contributed by atoms with E-state index in [-0.39, 0.29) is 25.6 Å². The molecule has 3 aromatic rings. The number of amides is 1. The molecular formula is C24H25F3N4O4. The summed E-state index contributed by atoms with van der Waals surface area (Å²) in [6, 6.07) is 6.64. The van der Waals surface area contributed by atoms with Crippen LogP contribution in [0.4, 0.5) is 13.2 Å². The minimum Gasteiger partial charge on any atom is -0.408 e. The fraction of sp³-hybridized carbons (Fsp3) is 0.458. The Bertz CT molecular complexity index is 1350. The first-order valence-electron chi connectivity index (χ1n) is 11.2. The van der Waals surface area contributed by atoms with Crippen LogP contribution in [0.15, 0.2) is 39.7 Å². The fourth-order valence-corrected chi connectivity index (χ4v) is 5.15. The predicted molar refractivity (Wildman–Crippen MR) is 119 cm³/mol. The number of methoxy groups -OCH3 is 1. The Labute approximate surface area is 198 Å². The summed E-state index contributed by atoms with van der Waals surface area (Å²) in [5.74, 6) is -0.562. The molecule has 1 atom stereocenters. The number of likely N-dealkylation sites (tertiary alicyclic amines) is 1. The number of aromatic nitrogens is 2. The maximum Gasteiger partial charge on any atom is 0.419 e. The summed E-state index contributed by atoms with van der Waals surface area (Å²) >= 11 is 0. The van der Waals surface area contributed by atoms with Crippen molar-refractivity contribution in [2.24, 2.45) is 12.5 Å². The van der Waals surface area contributed by atoms with E-state index in [4.69, 9.17) is 9.15 Å². The average molecular weight is 490 g/mol. The summed E-state index contributed by atoms with van der Waals surface area (Å²) < 4.78 is 51.3. The fourth-order valence-electron chi connectivity index (χ4n) is 5.15. The van der Waals surface area contributed by atoms with E-state index in [1.807, 2.05) is 12.1 Å². The van der Waals surface area contributed by atoms with E-state index >= 15 is 0 Å². The van der Waals surface area contributed by atoms with Crippen LogP contribution in [-0.4, -0.2) is 52.1 Å². The molecule has 8 nitrogen and oxygen atoms in total. The number of carbonyl (C=O) groups excluding carboxylic acids is 1. The van der Waals surface area contributed by atoms with Gasteiger partial charge in [0, 0.05) is 40.0 Å². The lowest BCUT2D eigenvalue weighted by Crippen LogP contribution is -2.46. The van der Waals surface area contributed by atoms with Crippen molar-refractivity contribution in [1.29, 1.82) is 0 Å². The van der Waals surface area contributed by atoms with Crippen LogP contribution in [0.3, 0.4) is 0 Å². The molecule has 5 rings (SSSR count). The number of alkyl halides is 3. The lowest BCUT2D eigenvalue weighted by molar-refractivity contribution is -0.145. The third-order valence-electron chi connectivity index (χ3n) is 6.95. The first-order chi connectivity index (χ1) is 16.6. The molecule has 11 heteroatoms. The number of fused-ring (bicyclic) bond motifs is 2. The summed E-state index contributed by atoms with van der Waals surface area (Å²) in [6.07, 6.45) is -3.09. The molecular weight excluding hydrogens is 465 g/mol. The SMILES string of the molecule is COCC1(C(=O)N2Cc3cc(C(F)(F)F)cnc3C2)CCN(Cc2ccc3oc(=O)n(C)c3c2)C1. The summed E-state index contributed by atoms with van der Waals surface area (Å²) in [5.41, 5.74) is 1.51. The standard InChI is InChI=1S/C24H25F3N4O4/c1-29-19-7-15(3-4-20(19)35-22(29)33)10-30-6-5-23(13-30,14-34-2)21(32)31-11-16-8-17(24(25,26)27)9-28-18(16)12-31/h3-4,7-9H,5-6,10-14H2,1-2H3. The maximum atomic E-state index is 13.6. The first kappa shape index (κ1) is 23.6. The molecule has 0 N–H and O–H groups in total. The molecule has 1 amide bonds. The molecule has 1 fully saturated rings. The number of hydrogen-bond acceptors (Lipinski definition) is 6. The van der Waals surface area contributed by atoms with Gasteiger partial charge in [0.15, 0.2) is 5.58 Å². The van der Waals surface area contributed by atoms with Gasteiger partial charge in [-0.2, -0.15) is 13.2 Å². The van der Waals surface area contributed by atoms with E-state index in [2.05, 4.69) is 9.88 Å². The molecule has 2 aliphatic rings. The van der Waals surface area contributed by atoms with Gasteiger partial charge >= 0.3 is 11.9 Å². The van der Waals surface area contributed by atoms with Crippen LogP contribution in [0.25, 0.3) is 11.1 Å². The summed E-state index contributed by atoms with van der Waals surface area (Å²) in [5, 5.41) is 0. The Hall–Kier alpha value is -3.18. The van der Waals surface area contributed by atoms with Gasteiger partial charge in [0.2, 0.25) is 5.91 Å². The molecule has 0 aliphatic carbocycles. The van der Waals surface area contributed by atoms with Crippen molar-refractivity contribution in [3.8, 4) is 0 Å². The monoisotopic (exact) mass is 490 g/mol. The second-order valence-corrected chi connectivity index (χ2v) is 9.39. The van der Waals surface area contributed by atoms with E-state index < -0.39 is 22.9 Å². The number of benzene rings is 1. The van der Waals surface area contributed by atoms with Crippen LogP contribution < -0.4 is 5.76 Å². The molecule has 0 saturated carbocycles. The second kappa shape index (κ2) is 8.49. The van der Waals surface area contributed by atoms with Crippen molar-refractivity contribution in [3.63, 3.8) is 0 Å². The molecule has 1 unspecified atom stereocenters. The zero-order valence-electron chi connectivity index (χ0n) is 19.4. The minimum atomic E-state index is -4.48. The molecule has 35 heavy (non-hydrogen) atoms. The lowest BCUT2D eigenvalue weighted by atomic mass is 9.86. The highest BCUT2D eigenvalue weighted by Gasteiger charge is 2.48. The number of oxazole rings is 1. The van der Waals surface area contributed by atoms with Crippen molar-refractivity contribution in [1.82, 2.24) is 19.4 Å². The van der Waals surface area contributed by atoms with Crippen molar-refractivity contribution >= 4 is 17.0 Å². The lowest BCUT2D eigenvalue weighted by Gasteiger charge is -2.31. The van der Waals surface area contributed by atoms with Crippen LogP contribution in [0.1, 0.15) is 28.8 Å². The third kappa shape index (κ3) is 4.23. The van der Waals surface area contributed by atoms with Crippen LogP contribution in [0, 0.1) is 5.41 Å². The molecule has 2 aromatic heterocycles. The number of aryl methyl sites for hydroxylation is 1. The van der Waals surface area contributed by atoms with Gasteiger partial charge in [0.1, 0.15) is 0 Å². The first-order valence-corrected chi connectivity index (χ1v) is 11.2. The zero-order valence-corrected chi connectivity index (χ0v) is 19.4. The highest BCUT2D eigenvalue weighted by atomic mass is 19.4. The van der Waals surface area contributed by atoms with Gasteiger partial charge in [-0.3, -0.25) is 19.2 Å². The smallest absolute Gasteiger partial charge is 0.408 e. The number of ether oxygens (including phenoxy) is 1. The van der Waals surface area contributed by atoms with Crippen molar-refractivity contribution in [3.05, 3.63) is 63.4 Å². The average Bonchev–Trinajstić information content (AvgIpc) is 3.49. The Morgan fingerprint density at radius 1 is 1.26 bits per heavy atom. The van der Waals surface area contributed by atoms with E-state index in [0.717, 1.165) is 17.8 Å². The van der Waals surface area contributed by atoms with Crippen LogP contribution in [0.5, 0.6) is 0 Å². The largest absolute Gasteiger partial charge is 0.419 e. The van der Waals surface area contributed by atoms with E-state index in [9.17, 15) is 22.8 Å². The van der Waals surface area contributed by atoms with Crippen LogP contribution >= 0.6 is 0 Å². The number of rotatable bonds is 5. The van der Waals surface area contributed by atoms with E-state index in [0.29, 0.717) is 48.4 Å². The Balaban J connectivity index is 1.32. The molecule has 1 aromatic carbocycles. The Morgan fingerprint density at radius 3 is 2.80 bits per heavy atom. The number of carbonyl (C=O) groups is 1. The molecule has 0 radical (unpaired) electrons. The zero-order chi connectivity index (χ0) is 25.0. The molecule has 1 saturated heterocycles. The summed E-state index contributed by atoms with van der Waals surface area (Å²) in [6.45, 7) is 2.19. The number of nitrogens with zero attached hydrogens (tertiary/aromatic N) is 4. The summed E-state index contributed by atoms with van der Waals surface area (Å²) in [7, 11) is 3.19. The van der Waals surface area contributed by atoms with Gasteiger partial charge in [-0.25, -0.2) is 4.79 Å². The van der Waals surface area contributed by atoms with Crippen molar-refractivity contribution in [2.45, 2.75) is 32.2 Å². The quantitative estimate of drug-likeness (QED) is 0.547. The van der Waals surface area contributed by atoms with Crippen LogP contribution in [0.2, 0.25) is 0 Å². The molecule has 186 valence electrons. The van der Waals surface area contributed by atoms with E-state index in [1.54, 1.807) is 25.1 Å². The molecule has 0 bridgehead atoms. The topological polar surface area (TPSA) is 80.8 Å². The van der Waals surface area contributed by atoms with Gasteiger partial charge in [0.25, 0.3) is 0 Å². The normalized spacial score (nSPS) is 20.7. The highest BCUT2D eigenvalue weighted by molar-refractivity contribution is 5.84. The number of hydrogen-bond donors (Lipinski definition) is 0. The Kier molecular flexibility index (Phi) is 5.71. The van der Waals surface area contributed by atoms with Gasteiger partial charge in [-0.05, 0) is 42.3 Å². The second-order valence-electron chi connectivity index (χ2n) is 9.39. The minimum absolute atomic E-state index is 0.0989. The van der Waals surface area contributed by atoms with Crippen molar-refractivity contribution < 1.29 is 27.1 Å². The third-order valence-corrected chi connectivity index (χ3v) is 6.95. The van der Waals surface area contributed by atoms with Crippen LogP contribution in [-0.2, 0) is 42.4 Å². The van der Waals surface area contributed by atoms with Gasteiger partial charge in [-0.1, -0.05) is 6.07 Å². The van der Waals surface area contributed by atoms with Gasteiger partial charge in [-0.15, -0.1) is 0 Å². The van der Waals surface area contributed by atoms with Gasteiger partial charge < -0.3 is 14.1 Å². The molecule has 2 aliphatic heterocycles.